The van der Waals surface area contributed by atoms with Crippen LogP contribution in [-0.4, -0.2) is 36.1 Å². The highest BCUT2D eigenvalue weighted by Gasteiger charge is 2.24. The molecule has 1 aliphatic rings. The fourth-order valence-electron chi connectivity index (χ4n) is 2.05. The van der Waals surface area contributed by atoms with E-state index in [2.05, 4.69) is 9.98 Å². The maximum Gasteiger partial charge on any atom is 0.335 e. The van der Waals surface area contributed by atoms with Crippen molar-refractivity contribution < 1.29 is 14.3 Å². The molecule has 0 bridgehead atoms. The summed E-state index contributed by atoms with van der Waals surface area (Å²) in [5.41, 5.74) is 0.562. The maximum absolute atomic E-state index is 13.3. The van der Waals surface area contributed by atoms with E-state index < -0.39 is 11.8 Å². The first-order valence-electron chi connectivity index (χ1n) is 5.64. The molecule has 0 aliphatic carbocycles. The van der Waals surface area contributed by atoms with E-state index in [-0.39, 0.29) is 17.5 Å². The zero-order valence-electron chi connectivity index (χ0n) is 9.88. The van der Waals surface area contributed by atoms with Gasteiger partial charge >= 0.3 is 5.97 Å². The number of aromatic carboxylic acids is 1. The summed E-state index contributed by atoms with van der Waals surface area (Å²) in [4.78, 5) is 19.5. The molecule has 0 amide bonds. The molecule has 0 fully saturated rings. The first-order chi connectivity index (χ1) is 8.59. The number of aliphatic imine (C=N–C) groups is 2. The van der Waals surface area contributed by atoms with E-state index in [4.69, 9.17) is 5.11 Å². The summed E-state index contributed by atoms with van der Waals surface area (Å²) in [5.74, 6) is -1.73. The summed E-state index contributed by atoms with van der Waals surface area (Å²) < 4.78 is 13.3. The predicted molar refractivity (Wildman–Crippen MR) is 67.4 cm³/mol. The quantitative estimate of drug-likeness (QED) is 0.871. The van der Waals surface area contributed by atoms with Gasteiger partial charge in [0.05, 0.1) is 11.6 Å². The van der Waals surface area contributed by atoms with Gasteiger partial charge in [0, 0.05) is 24.9 Å². The third-order valence-electron chi connectivity index (χ3n) is 3.02. The van der Waals surface area contributed by atoms with Gasteiger partial charge in [-0.3, -0.25) is 9.98 Å². The summed E-state index contributed by atoms with van der Waals surface area (Å²) >= 11 is 0. The van der Waals surface area contributed by atoms with E-state index in [1.807, 2.05) is 6.92 Å². The molecular formula is C13H13FN2O2. The zero-order valence-corrected chi connectivity index (χ0v) is 9.88. The van der Waals surface area contributed by atoms with Crippen LogP contribution in [0.3, 0.4) is 0 Å². The third-order valence-corrected chi connectivity index (χ3v) is 3.02. The molecule has 0 saturated heterocycles. The first-order valence-corrected chi connectivity index (χ1v) is 5.64. The van der Waals surface area contributed by atoms with Crippen molar-refractivity contribution in [1.82, 2.24) is 0 Å². The fraction of sp³-hybridized carbons (Fsp3) is 0.308. The number of halogens is 1. The molecule has 2 rings (SSSR count). The van der Waals surface area contributed by atoms with Gasteiger partial charge in [-0.25, -0.2) is 9.18 Å². The number of benzene rings is 1. The van der Waals surface area contributed by atoms with Crippen molar-refractivity contribution in [2.45, 2.75) is 18.9 Å². The highest BCUT2D eigenvalue weighted by atomic mass is 19.1. The SMILES string of the molecule is CC1N=CC=NCC1c1cc(F)ccc1C(=O)O. The summed E-state index contributed by atoms with van der Waals surface area (Å²) in [7, 11) is 0. The molecule has 0 aromatic heterocycles. The smallest absolute Gasteiger partial charge is 0.335 e. The molecule has 0 radical (unpaired) electrons. The highest BCUT2D eigenvalue weighted by molar-refractivity contribution is 6.16. The number of carbonyl (C=O) groups is 1. The van der Waals surface area contributed by atoms with Crippen LogP contribution in [0.5, 0.6) is 0 Å². The third kappa shape index (κ3) is 2.45. The number of hydrogen-bond acceptors (Lipinski definition) is 3. The lowest BCUT2D eigenvalue weighted by Gasteiger charge is -2.20. The van der Waals surface area contributed by atoms with Crippen LogP contribution in [0, 0.1) is 5.82 Å². The van der Waals surface area contributed by atoms with Crippen LogP contribution in [0.15, 0.2) is 28.2 Å². The second-order valence-electron chi connectivity index (χ2n) is 4.20. The van der Waals surface area contributed by atoms with Crippen molar-refractivity contribution in [2.75, 3.05) is 6.54 Å². The Hall–Kier alpha value is -2.04. The largest absolute Gasteiger partial charge is 0.478 e. The monoisotopic (exact) mass is 248 g/mol. The Labute approximate surface area is 104 Å². The van der Waals surface area contributed by atoms with E-state index in [0.29, 0.717) is 12.1 Å². The minimum atomic E-state index is -1.06. The fourth-order valence-corrected chi connectivity index (χ4v) is 2.05. The molecule has 1 aromatic carbocycles. The van der Waals surface area contributed by atoms with Crippen LogP contribution in [-0.2, 0) is 0 Å². The maximum atomic E-state index is 13.3. The Morgan fingerprint density at radius 2 is 2.22 bits per heavy atom. The first kappa shape index (κ1) is 12.4. The predicted octanol–water partition coefficient (Wildman–Crippen LogP) is 2.15. The molecule has 1 aromatic rings. The standard InChI is InChI=1S/C13H13FN2O2/c1-8-12(7-15-4-5-16-8)11-6-9(14)2-3-10(11)13(17)18/h2-6,8,12H,7H2,1H3,(H,17,18). The zero-order chi connectivity index (χ0) is 13.1. The molecule has 1 N–H and O–H groups in total. The minimum absolute atomic E-state index is 0.112. The lowest BCUT2D eigenvalue weighted by Crippen LogP contribution is -2.19. The van der Waals surface area contributed by atoms with Crippen LogP contribution in [0.4, 0.5) is 4.39 Å². The van der Waals surface area contributed by atoms with Crippen LogP contribution < -0.4 is 0 Å². The number of nitrogens with zero attached hydrogens (tertiary/aromatic N) is 2. The lowest BCUT2D eigenvalue weighted by atomic mass is 9.89. The van der Waals surface area contributed by atoms with Crippen LogP contribution in [0.1, 0.15) is 28.8 Å². The Balaban J connectivity index is 2.48. The molecule has 1 heterocycles. The number of carboxylic acid groups (broad SMARTS) is 1. The average molecular weight is 248 g/mol. The van der Waals surface area contributed by atoms with Crippen molar-refractivity contribution in [3.63, 3.8) is 0 Å². The van der Waals surface area contributed by atoms with Crippen LogP contribution in [0.2, 0.25) is 0 Å². The van der Waals surface area contributed by atoms with Gasteiger partial charge in [-0.1, -0.05) is 0 Å². The molecule has 94 valence electrons. The van der Waals surface area contributed by atoms with E-state index >= 15 is 0 Å². The summed E-state index contributed by atoms with van der Waals surface area (Å²) in [6.07, 6.45) is 3.17. The Morgan fingerprint density at radius 1 is 1.44 bits per heavy atom. The van der Waals surface area contributed by atoms with E-state index in [1.165, 1.54) is 12.1 Å². The number of carboxylic acids is 1. The molecule has 4 nitrogen and oxygen atoms in total. The van der Waals surface area contributed by atoms with E-state index in [0.717, 1.165) is 6.07 Å². The Morgan fingerprint density at radius 3 is 2.94 bits per heavy atom. The van der Waals surface area contributed by atoms with Gasteiger partial charge in [0.1, 0.15) is 5.82 Å². The molecule has 2 unspecified atom stereocenters. The van der Waals surface area contributed by atoms with Gasteiger partial charge in [-0.15, -0.1) is 0 Å². The summed E-state index contributed by atoms with van der Waals surface area (Å²) in [6, 6.07) is 3.58. The van der Waals surface area contributed by atoms with Crippen LogP contribution in [0.25, 0.3) is 0 Å². The van der Waals surface area contributed by atoms with E-state index in [1.54, 1.807) is 12.4 Å². The van der Waals surface area contributed by atoms with Gasteiger partial charge in [-0.2, -0.15) is 0 Å². The Bertz CT molecular complexity index is 526. The van der Waals surface area contributed by atoms with Crippen molar-refractivity contribution >= 4 is 18.4 Å². The molecule has 5 heteroatoms. The lowest BCUT2D eigenvalue weighted by molar-refractivity contribution is 0.0695. The molecule has 0 saturated carbocycles. The highest BCUT2D eigenvalue weighted by Crippen LogP contribution is 2.27. The summed E-state index contributed by atoms with van der Waals surface area (Å²) in [5, 5.41) is 9.14. The van der Waals surface area contributed by atoms with Crippen LogP contribution >= 0.6 is 0 Å². The van der Waals surface area contributed by atoms with E-state index in [9.17, 15) is 9.18 Å². The average Bonchev–Trinajstić information content (AvgIpc) is 2.53. The normalized spacial score (nSPS) is 22.8. The molecule has 0 spiro atoms. The number of rotatable bonds is 2. The molecular weight excluding hydrogens is 235 g/mol. The molecule has 1 aliphatic heterocycles. The second-order valence-corrected chi connectivity index (χ2v) is 4.20. The topological polar surface area (TPSA) is 62.0 Å². The van der Waals surface area contributed by atoms with Gasteiger partial charge in [0.15, 0.2) is 0 Å². The van der Waals surface area contributed by atoms with Crippen molar-refractivity contribution in [3.05, 3.63) is 35.1 Å². The van der Waals surface area contributed by atoms with Crippen molar-refractivity contribution in [2.24, 2.45) is 9.98 Å². The van der Waals surface area contributed by atoms with Crippen molar-refractivity contribution in [3.8, 4) is 0 Å². The van der Waals surface area contributed by atoms with Gasteiger partial charge < -0.3 is 5.11 Å². The van der Waals surface area contributed by atoms with Gasteiger partial charge in [0.25, 0.3) is 0 Å². The van der Waals surface area contributed by atoms with Crippen molar-refractivity contribution in [1.29, 1.82) is 0 Å². The van der Waals surface area contributed by atoms with Gasteiger partial charge in [-0.05, 0) is 30.7 Å². The summed E-state index contributed by atoms with van der Waals surface area (Å²) in [6.45, 7) is 2.28. The number of hydrogen-bond donors (Lipinski definition) is 1. The minimum Gasteiger partial charge on any atom is -0.478 e. The van der Waals surface area contributed by atoms with Gasteiger partial charge in [0.2, 0.25) is 0 Å². The second kappa shape index (κ2) is 5.08. The molecule has 2 atom stereocenters. The molecule has 18 heavy (non-hydrogen) atoms. The Kier molecular flexibility index (Phi) is 3.50.